The standard InChI is InChI=1S/C18H15ClFN3O3/c1-9-6-11(7-13-16(24)21-18(26)22(3)17(13)25)10(2)23(9)12-4-5-15(20)14(19)8-12/h4-8H,1-3H3,(H,21,24,26)/b13-7-. The molecular formula is C18H15ClFN3O3. The van der Waals surface area contributed by atoms with Gasteiger partial charge < -0.3 is 4.57 Å². The zero-order valence-electron chi connectivity index (χ0n) is 14.3. The molecule has 1 aromatic carbocycles. The van der Waals surface area contributed by atoms with Crippen LogP contribution in [0.25, 0.3) is 11.8 Å². The number of barbiturate groups is 1. The van der Waals surface area contributed by atoms with Gasteiger partial charge in [0.05, 0.1) is 5.02 Å². The van der Waals surface area contributed by atoms with Crippen molar-refractivity contribution in [1.82, 2.24) is 14.8 Å². The van der Waals surface area contributed by atoms with Crippen molar-refractivity contribution in [3.05, 3.63) is 57.6 Å². The van der Waals surface area contributed by atoms with Crippen molar-refractivity contribution < 1.29 is 18.8 Å². The van der Waals surface area contributed by atoms with Crippen molar-refractivity contribution in [3.8, 4) is 5.69 Å². The molecular weight excluding hydrogens is 361 g/mol. The minimum absolute atomic E-state index is 0.00289. The van der Waals surface area contributed by atoms with Crippen LogP contribution < -0.4 is 5.32 Å². The Kier molecular flexibility index (Phi) is 4.41. The lowest BCUT2D eigenvalue weighted by molar-refractivity contribution is -0.129. The van der Waals surface area contributed by atoms with Crippen LogP contribution in [0, 0.1) is 19.7 Å². The number of hydrogen-bond acceptors (Lipinski definition) is 3. The fourth-order valence-electron chi connectivity index (χ4n) is 2.86. The van der Waals surface area contributed by atoms with Crippen LogP contribution in [0.3, 0.4) is 0 Å². The molecule has 6 nitrogen and oxygen atoms in total. The average Bonchev–Trinajstić information content (AvgIpc) is 2.86. The van der Waals surface area contributed by atoms with Crippen molar-refractivity contribution in [2.75, 3.05) is 7.05 Å². The van der Waals surface area contributed by atoms with Crippen LogP contribution in [-0.2, 0) is 9.59 Å². The number of imide groups is 2. The first-order valence-corrected chi connectivity index (χ1v) is 8.08. The molecule has 0 saturated carbocycles. The normalized spacial score (nSPS) is 16.4. The molecule has 1 N–H and O–H groups in total. The third kappa shape index (κ3) is 2.90. The molecule has 1 aliphatic rings. The van der Waals surface area contributed by atoms with E-state index < -0.39 is 23.7 Å². The zero-order valence-corrected chi connectivity index (χ0v) is 15.0. The number of nitrogens with zero attached hydrogens (tertiary/aromatic N) is 2. The Balaban J connectivity index is 2.08. The Bertz CT molecular complexity index is 994. The van der Waals surface area contributed by atoms with Crippen LogP contribution in [0.2, 0.25) is 5.02 Å². The summed E-state index contributed by atoms with van der Waals surface area (Å²) in [5.74, 6) is -1.93. The highest BCUT2D eigenvalue weighted by molar-refractivity contribution is 6.31. The molecule has 1 aliphatic heterocycles. The summed E-state index contributed by atoms with van der Waals surface area (Å²) in [4.78, 5) is 36.5. The lowest BCUT2D eigenvalue weighted by Gasteiger charge is -2.22. The first-order chi connectivity index (χ1) is 12.2. The summed E-state index contributed by atoms with van der Waals surface area (Å²) >= 11 is 5.86. The van der Waals surface area contributed by atoms with E-state index in [0.29, 0.717) is 11.3 Å². The smallest absolute Gasteiger partial charge is 0.318 e. The van der Waals surface area contributed by atoms with Crippen molar-refractivity contribution >= 4 is 35.5 Å². The van der Waals surface area contributed by atoms with Gasteiger partial charge in [0.15, 0.2) is 0 Å². The minimum Gasteiger partial charge on any atom is -0.318 e. The minimum atomic E-state index is -0.761. The van der Waals surface area contributed by atoms with E-state index in [1.165, 1.54) is 25.3 Å². The predicted octanol–water partition coefficient (Wildman–Crippen LogP) is 2.98. The van der Waals surface area contributed by atoms with Crippen LogP contribution >= 0.6 is 11.6 Å². The maximum Gasteiger partial charge on any atom is 0.331 e. The Labute approximate surface area is 153 Å². The molecule has 0 radical (unpaired) electrons. The Hall–Kier alpha value is -2.93. The number of urea groups is 1. The van der Waals surface area contributed by atoms with E-state index in [0.717, 1.165) is 16.3 Å². The van der Waals surface area contributed by atoms with E-state index in [1.54, 1.807) is 19.1 Å². The van der Waals surface area contributed by atoms with Gasteiger partial charge in [-0.1, -0.05) is 11.6 Å². The highest BCUT2D eigenvalue weighted by atomic mass is 35.5. The summed E-state index contributed by atoms with van der Waals surface area (Å²) in [6.07, 6.45) is 1.44. The molecule has 3 rings (SSSR count). The number of rotatable bonds is 2. The molecule has 0 atom stereocenters. The van der Waals surface area contributed by atoms with Crippen LogP contribution in [-0.4, -0.2) is 34.4 Å². The number of carbonyl (C=O) groups excluding carboxylic acids is 3. The van der Waals surface area contributed by atoms with Crippen molar-refractivity contribution in [2.45, 2.75) is 13.8 Å². The average molecular weight is 376 g/mol. The largest absolute Gasteiger partial charge is 0.331 e. The van der Waals surface area contributed by atoms with Gasteiger partial charge in [0.1, 0.15) is 11.4 Å². The van der Waals surface area contributed by atoms with Crippen LogP contribution in [0.4, 0.5) is 9.18 Å². The maximum absolute atomic E-state index is 13.4. The van der Waals surface area contributed by atoms with Crippen LogP contribution in [0.5, 0.6) is 0 Å². The molecule has 1 saturated heterocycles. The van der Waals surface area contributed by atoms with E-state index in [9.17, 15) is 18.8 Å². The quantitative estimate of drug-likeness (QED) is 0.648. The highest BCUT2D eigenvalue weighted by Gasteiger charge is 2.33. The third-order valence-corrected chi connectivity index (χ3v) is 4.53. The number of aryl methyl sites for hydroxylation is 1. The fraction of sp³-hybridized carbons (Fsp3) is 0.167. The molecule has 8 heteroatoms. The third-order valence-electron chi connectivity index (χ3n) is 4.24. The molecule has 0 unspecified atom stereocenters. The summed E-state index contributed by atoms with van der Waals surface area (Å²) in [6, 6.07) is 5.38. The fourth-order valence-corrected chi connectivity index (χ4v) is 3.03. The molecule has 0 spiro atoms. The number of hydrogen-bond donors (Lipinski definition) is 1. The summed E-state index contributed by atoms with van der Waals surface area (Å²) in [5.41, 5.74) is 2.69. The molecule has 2 heterocycles. The highest BCUT2D eigenvalue weighted by Crippen LogP contribution is 2.26. The zero-order chi connectivity index (χ0) is 19.2. The number of carbonyl (C=O) groups is 3. The second kappa shape index (κ2) is 6.42. The predicted molar refractivity (Wildman–Crippen MR) is 94.5 cm³/mol. The molecule has 1 aromatic heterocycles. The number of amides is 4. The molecule has 2 aromatic rings. The summed E-state index contributed by atoms with van der Waals surface area (Å²) in [5, 5.41) is 2.11. The van der Waals surface area contributed by atoms with Gasteiger partial charge in [-0.2, -0.15) is 0 Å². The van der Waals surface area contributed by atoms with E-state index >= 15 is 0 Å². The van der Waals surface area contributed by atoms with Gasteiger partial charge in [0.25, 0.3) is 11.8 Å². The van der Waals surface area contributed by atoms with E-state index in [4.69, 9.17) is 11.6 Å². The molecule has 4 amide bonds. The number of halogens is 2. The van der Waals surface area contributed by atoms with Gasteiger partial charge in [0, 0.05) is 24.1 Å². The molecule has 0 aliphatic carbocycles. The summed E-state index contributed by atoms with van der Waals surface area (Å²) < 4.78 is 15.3. The second-order valence-electron chi connectivity index (χ2n) is 5.94. The maximum atomic E-state index is 13.4. The van der Waals surface area contributed by atoms with Gasteiger partial charge in [-0.25, -0.2) is 9.18 Å². The number of likely N-dealkylation sites (N-methyl/N-ethyl adjacent to an activating group) is 1. The summed E-state index contributed by atoms with van der Waals surface area (Å²) in [6.45, 7) is 3.64. The first-order valence-electron chi connectivity index (χ1n) is 7.70. The van der Waals surface area contributed by atoms with E-state index in [1.807, 2.05) is 11.5 Å². The monoisotopic (exact) mass is 375 g/mol. The van der Waals surface area contributed by atoms with Crippen LogP contribution in [0.1, 0.15) is 17.0 Å². The van der Waals surface area contributed by atoms with Gasteiger partial charge in [-0.3, -0.25) is 19.8 Å². The Morgan fingerprint density at radius 1 is 1.15 bits per heavy atom. The summed E-state index contributed by atoms with van der Waals surface area (Å²) in [7, 11) is 1.29. The molecule has 0 bridgehead atoms. The van der Waals surface area contributed by atoms with Crippen molar-refractivity contribution in [1.29, 1.82) is 0 Å². The van der Waals surface area contributed by atoms with E-state index in [2.05, 4.69) is 5.32 Å². The molecule has 26 heavy (non-hydrogen) atoms. The van der Waals surface area contributed by atoms with Gasteiger partial charge >= 0.3 is 6.03 Å². The number of nitrogens with one attached hydrogen (secondary N) is 1. The van der Waals surface area contributed by atoms with E-state index in [-0.39, 0.29) is 10.6 Å². The lowest BCUT2D eigenvalue weighted by atomic mass is 10.1. The molecule has 1 fully saturated rings. The lowest BCUT2D eigenvalue weighted by Crippen LogP contribution is -2.52. The van der Waals surface area contributed by atoms with Crippen molar-refractivity contribution in [2.24, 2.45) is 0 Å². The van der Waals surface area contributed by atoms with Crippen molar-refractivity contribution in [3.63, 3.8) is 0 Å². The Morgan fingerprint density at radius 2 is 1.85 bits per heavy atom. The number of benzene rings is 1. The SMILES string of the molecule is Cc1cc(/C=C2/C(=O)NC(=O)N(C)C2=O)c(C)n1-c1ccc(F)c(Cl)c1. The topological polar surface area (TPSA) is 71.4 Å². The van der Waals surface area contributed by atoms with Gasteiger partial charge in [0.2, 0.25) is 0 Å². The second-order valence-corrected chi connectivity index (χ2v) is 6.35. The van der Waals surface area contributed by atoms with Crippen LogP contribution in [0.15, 0.2) is 29.8 Å². The van der Waals surface area contributed by atoms with Gasteiger partial charge in [-0.15, -0.1) is 0 Å². The Morgan fingerprint density at radius 3 is 2.50 bits per heavy atom. The van der Waals surface area contributed by atoms with Gasteiger partial charge in [-0.05, 0) is 49.8 Å². The number of aromatic nitrogens is 1. The first kappa shape index (κ1) is 17.9. The molecule has 134 valence electrons.